The smallest absolute Gasteiger partial charge is 0.323 e. The highest BCUT2D eigenvalue weighted by molar-refractivity contribution is 7.87. The minimum absolute atomic E-state index is 0.0227. The number of unbranched alkanes of at least 4 members (excludes halogenated alkanes) is 2. The minimum Gasteiger partial charge on any atom is -0.380 e. The summed E-state index contributed by atoms with van der Waals surface area (Å²) in [7, 11) is -7.61. The number of rotatable bonds is 12. The van der Waals surface area contributed by atoms with Gasteiger partial charge in [-0.15, -0.1) is 0 Å². The molecular formula is C21H28N2O7S2. The second-order valence-electron chi connectivity index (χ2n) is 6.97. The SMILES string of the molecule is CCCCS(=O)(=O)Oc1ccccc1NC(=O)Nc1ccccc1OS(=O)(=O)CCCC. The van der Waals surface area contributed by atoms with Crippen LogP contribution in [0.1, 0.15) is 39.5 Å². The standard InChI is InChI=1S/C21H28N2O7S2/c1-3-5-15-31(25,26)29-19-13-9-7-11-17(19)22-21(24)23-18-12-8-10-14-20(18)30-32(27,28)16-6-4-2/h7-14H,3-6,15-16H2,1-2H3,(H2,22,23,24). The molecule has 0 unspecified atom stereocenters. The zero-order chi connectivity index (χ0) is 23.6. The first-order valence-corrected chi connectivity index (χ1v) is 13.4. The molecule has 2 aromatic rings. The molecule has 176 valence electrons. The van der Waals surface area contributed by atoms with Gasteiger partial charge in [-0.3, -0.25) is 0 Å². The molecule has 2 amide bonds. The summed E-state index contributed by atoms with van der Waals surface area (Å²) >= 11 is 0. The van der Waals surface area contributed by atoms with Crippen molar-refractivity contribution in [2.75, 3.05) is 22.1 Å². The van der Waals surface area contributed by atoms with Crippen molar-refractivity contribution < 1.29 is 30.0 Å². The summed E-state index contributed by atoms with van der Waals surface area (Å²) in [5, 5.41) is 5.04. The van der Waals surface area contributed by atoms with Crippen LogP contribution >= 0.6 is 0 Å². The van der Waals surface area contributed by atoms with Crippen LogP contribution in [0.3, 0.4) is 0 Å². The molecule has 0 fully saturated rings. The zero-order valence-electron chi connectivity index (χ0n) is 18.0. The van der Waals surface area contributed by atoms with Crippen LogP contribution in [-0.4, -0.2) is 34.4 Å². The fourth-order valence-electron chi connectivity index (χ4n) is 2.56. The molecule has 9 nitrogen and oxygen atoms in total. The van der Waals surface area contributed by atoms with Crippen LogP contribution in [0.2, 0.25) is 0 Å². The zero-order valence-corrected chi connectivity index (χ0v) is 19.7. The minimum atomic E-state index is -3.81. The summed E-state index contributed by atoms with van der Waals surface area (Å²) in [6, 6.07) is 11.5. The van der Waals surface area contributed by atoms with Crippen LogP contribution in [0.15, 0.2) is 48.5 Å². The Morgan fingerprint density at radius 1 is 0.719 bits per heavy atom. The van der Waals surface area contributed by atoms with E-state index in [4.69, 9.17) is 8.37 Å². The van der Waals surface area contributed by atoms with E-state index < -0.39 is 26.3 Å². The van der Waals surface area contributed by atoms with Gasteiger partial charge in [-0.25, -0.2) is 4.79 Å². The maximum Gasteiger partial charge on any atom is 0.323 e. The number of nitrogens with one attached hydrogen (secondary N) is 2. The first-order chi connectivity index (χ1) is 15.2. The van der Waals surface area contributed by atoms with Gasteiger partial charge in [-0.05, 0) is 37.1 Å². The average molecular weight is 485 g/mol. The van der Waals surface area contributed by atoms with Crippen molar-refractivity contribution in [3.63, 3.8) is 0 Å². The Morgan fingerprint density at radius 3 is 1.47 bits per heavy atom. The molecule has 0 atom stereocenters. The summed E-state index contributed by atoms with van der Waals surface area (Å²) in [6.45, 7) is 3.73. The van der Waals surface area contributed by atoms with Crippen LogP contribution in [0, 0.1) is 0 Å². The van der Waals surface area contributed by atoms with E-state index in [0.717, 1.165) is 0 Å². The molecule has 32 heavy (non-hydrogen) atoms. The van der Waals surface area contributed by atoms with E-state index in [1.807, 2.05) is 13.8 Å². The van der Waals surface area contributed by atoms with Crippen LogP contribution in [0.4, 0.5) is 16.2 Å². The highest BCUT2D eigenvalue weighted by Gasteiger charge is 2.18. The molecule has 0 aromatic heterocycles. The van der Waals surface area contributed by atoms with Crippen molar-refractivity contribution in [3.05, 3.63) is 48.5 Å². The topological polar surface area (TPSA) is 128 Å². The number of para-hydroxylation sites is 4. The maximum atomic E-state index is 12.5. The Hall–Kier alpha value is -2.79. The molecule has 2 N–H and O–H groups in total. The molecule has 0 aliphatic rings. The van der Waals surface area contributed by atoms with Gasteiger partial charge in [-0.2, -0.15) is 16.8 Å². The molecule has 0 spiro atoms. The number of carbonyl (C=O) groups is 1. The van der Waals surface area contributed by atoms with Gasteiger partial charge in [-0.1, -0.05) is 51.0 Å². The summed E-state index contributed by atoms with van der Waals surface area (Å²) in [5.74, 6) is -0.321. The lowest BCUT2D eigenvalue weighted by Crippen LogP contribution is -2.22. The van der Waals surface area contributed by atoms with E-state index in [9.17, 15) is 21.6 Å². The molecule has 0 aliphatic heterocycles. The Morgan fingerprint density at radius 2 is 1.09 bits per heavy atom. The third-order valence-corrected chi connectivity index (χ3v) is 6.64. The molecule has 0 saturated heterocycles. The van der Waals surface area contributed by atoms with Crippen molar-refractivity contribution in [2.24, 2.45) is 0 Å². The average Bonchev–Trinajstić information content (AvgIpc) is 2.73. The second kappa shape index (κ2) is 11.7. The van der Waals surface area contributed by atoms with Crippen LogP contribution in [-0.2, 0) is 20.2 Å². The lowest BCUT2D eigenvalue weighted by atomic mass is 10.3. The quantitative estimate of drug-likeness (QED) is 0.429. The fourth-order valence-corrected chi connectivity index (χ4v) is 4.85. The molecule has 2 aromatic carbocycles. The molecule has 2 rings (SSSR count). The molecule has 0 bridgehead atoms. The Labute approximate surface area is 189 Å². The van der Waals surface area contributed by atoms with Gasteiger partial charge >= 0.3 is 26.3 Å². The van der Waals surface area contributed by atoms with E-state index in [-0.39, 0.29) is 34.4 Å². The molecule has 11 heteroatoms. The highest BCUT2D eigenvalue weighted by Crippen LogP contribution is 2.28. The highest BCUT2D eigenvalue weighted by atomic mass is 32.2. The van der Waals surface area contributed by atoms with Gasteiger partial charge in [0.05, 0.1) is 22.9 Å². The van der Waals surface area contributed by atoms with E-state index in [1.165, 1.54) is 24.3 Å². The van der Waals surface area contributed by atoms with Crippen LogP contribution in [0.5, 0.6) is 11.5 Å². The van der Waals surface area contributed by atoms with E-state index in [0.29, 0.717) is 25.7 Å². The van der Waals surface area contributed by atoms with Gasteiger partial charge in [0.2, 0.25) is 0 Å². The van der Waals surface area contributed by atoms with Crippen molar-refractivity contribution >= 4 is 37.6 Å². The summed E-state index contributed by atoms with van der Waals surface area (Å²) in [6.07, 6.45) is 2.30. The summed E-state index contributed by atoms with van der Waals surface area (Å²) in [5.41, 5.74) is 0.276. The van der Waals surface area contributed by atoms with Crippen molar-refractivity contribution in [3.8, 4) is 11.5 Å². The predicted octanol–water partition coefficient (Wildman–Crippen LogP) is 4.35. The van der Waals surface area contributed by atoms with E-state index in [1.54, 1.807) is 24.3 Å². The number of hydrogen-bond donors (Lipinski definition) is 2. The number of anilines is 2. The first-order valence-electron chi connectivity index (χ1n) is 10.3. The largest absolute Gasteiger partial charge is 0.380 e. The Bertz CT molecular complexity index is 1030. The fraction of sp³-hybridized carbons (Fsp3) is 0.381. The Kier molecular flexibility index (Phi) is 9.33. The number of carbonyl (C=O) groups excluding carboxylic acids is 1. The summed E-state index contributed by atoms with van der Waals surface area (Å²) in [4.78, 5) is 12.5. The Balaban J connectivity index is 2.13. The molecule has 0 saturated carbocycles. The van der Waals surface area contributed by atoms with Crippen molar-refractivity contribution in [1.82, 2.24) is 0 Å². The van der Waals surface area contributed by atoms with Crippen molar-refractivity contribution in [2.45, 2.75) is 39.5 Å². The van der Waals surface area contributed by atoms with Crippen LogP contribution in [0.25, 0.3) is 0 Å². The maximum absolute atomic E-state index is 12.5. The van der Waals surface area contributed by atoms with Crippen LogP contribution < -0.4 is 19.0 Å². The van der Waals surface area contributed by atoms with E-state index in [2.05, 4.69) is 10.6 Å². The van der Waals surface area contributed by atoms with E-state index >= 15 is 0 Å². The van der Waals surface area contributed by atoms with Gasteiger partial charge in [0.1, 0.15) is 0 Å². The second-order valence-corrected chi connectivity index (χ2v) is 10.3. The lowest BCUT2D eigenvalue weighted by Gasteiger charge is -2.14. The number of urea groups is 1. The first kappa shape index (κ1) is 25.5. The third kappa shape index (κ3) is 8.39. The molecule has 0 radical (unpaired) electrons. The van der Waals surface area contributed by atoms with Gasteiger partial charge in [0.15, 0.2) is 11.5 Å². The number of hydrogen-bond acceptors (Lipinski definition) is 7. The number of benzene rings is 2. The third-order valence-electron chi connectivity index (χ3n) is 4.20. The normalized spacial score (nSPS) is 11.6. The summed E-state index contributed by atoms with van der Waals surface area (Å²) < 4.78 is 58.7. The lowest BCUT2D eigenvalue weighted by molar-refractivity contribution is 0.262. The molecular weight excluding hydrogens is 456 g/mol. The van der Waals surface area contributed by atoms with Gasteiger partial charge < -0.3 is 19.0 Å². The molecule has 0 heterocycles. The van der Waals surface area contributed by atoms with Crippen molar-refractivity contribution in [1.29, 1.82) is 0 Å². The molecule has 0 aliphatic carbocycles. The number of amides is 2. The van der Waals surface area contributed by atoms with Gasteiger partial charge in [0.25, 0.3) is 0 Å². The van der Waals surface area contributed by atoms with Gasteiger partial charge in [0, 0.05) is 0 Å². The predicted molar refractivity (Wildman–Crippen MR) is 124 cm³/mol. The monoisotopic (exact) mass is 484 g/mol.